The van der Waals surface area contributed by atoms with E-state index >= 15 is 0 Å². The minimum absolute atomic E-state index is 0. The zero-order valence-corrected chi connectivity index (χ0v) is 64.9. The largest absolute Gasteiger partial charge is 0.405 e. The number of aromatic nitrogens is 16. The van der Waals surface area contributed by atoms with E-state index in [1.165, 1.54) is 12.4 Å². The molecule has 2 saturated heterocycles. The van der Waals surface area contributed by atoms with E-state index in [4.69, 9.17) is 51.4 Å². The molecule has 4 aliphatic rings. The molecular formula is C77H90Cl4F9N23O4. The summed E-state index contributed by atoms with van der Waals surface area (Å²) in [6.45, 7) is 3.43. The number of halogens is 13. The number of amides is 4. The van der Waals surface area contributed by atoms with Gasteiger partial charge in [-0.2, -0.15) is 26.3 Å². The Labute approximate surface area is 691 Å². The van der Waals surface area contributed by atoms with Gasteiger partial charge in [0.05, 0.1) is 49.8 Å². The van der Waals surface area contributed by atoms with Crippen molar-refractivity contribution in [3.05, 3.63) is 148 Å². The molecule has 0 spiro atoms. The van der Waals surface area contributed by atoms with Gasteiger partial charge in [-0.15, -0.1) is 0 Å². The van der Waals surface area contributed by atoms with E-state index in [1.54, 1.807) is 60.3 Å². The Morgan fingerprint density at radius 1 is 0.487 bits per heavy atom. The first kappa shape index (κ1) is 85.3. The van der Waals surface area contributed by atoms with Crippen LogP contribution in [0.3, 0.4) is 0 Å². The number of hydrogen-bond donors (Lipinski definition) is 9. The number of fused-ring (bicyclic) bond motifs is 4. The van der Waals surface area contributed by atoms with Crippen LogP contribution in [0.2, 0.25) is 20.1 Å². The standard InChI is InChI=1S/C21H20ClF4N5O.C19H17ClF4N6O.C18H18ClFN6O.C18H19ClN6O.CH4.6H2/c22-12-6-13-14(9-28-17(13)27-8-12)18-29-10-15(23)16(31-18)7-20(4-2-1-3-5-20)19(32)30-11-21(24,25)26;20-10-5-11-12(7-26-14(11)25-6-10)15-27-8-13(21)16(29-15)30-18(3-1-2-4-18)17(31)28-9-19(22,23)24;1-2-21-18(27)14-4-3-5-26(14)17-13(20)9-24-16(25-17)12-8-23-15-11(12)6-10(19)7-22-15;1-2-20-18(26)14-4-3-7-25(14)15-5-6-21-17(24-15)13-10-23-16-12(13)8-11(19)9-22-16;;;;;;;/h6,8-10H,1-5,7,11H2,(H,27,28)(H,30,32);5-8H,1-4,9H2,(H,25,26)(H,28,31)(H,27,29,30);6-9,14H,2-5H2,1H3,(H,21,27)(H,22,23);5-6,8-10,14H,2-4,7H2,1H3,(H,20,26)(H,22,23);1H4;6*1H/t;;2*14-;;;;;;;/m..11......./s1. The van der Waals surface area contributed by atoms with Gasteiger partial charge in [-0.3, -0.25) is 19.2 Å². The molecule has 2 aliphatic heterocycles. The third-order valence-corrected chi connectivity index (χ3v) is 21.0. The van der Waals surface area contributed by atoms with E-state index in [0.29, 0.717) is 141 Å². The van der Waals surface area contributed by atoms with Crippen LogP contribution in [-0.2, 0) is 25.6 Å². The zero-order valence-electron chi connectivity index (χ0n) is 61.9. The highest BCUT2D eigenvalue weighted by molar-refractivity contribution is 6.32. The molecule has 2 aliphatic carbocycles. The fraction of sp³-hybridized carbons (Fsp3) is 0.377. The smallest absolute Gasteiger partial charge is 0.355 e. The van der Waals surface area contributed by atoms with Gasteiger partial charge >= 0.3 is 12.4 Å². The van der Waals surface area contributed by atoms with Gasteiger partial charge in [-0.25, -0.2) is 73.0 Å². The van der Waals surface area contributed by atoms with Crippen LogP contribution in [0.25, 0.3) is 89.7 Å². The van der Waals surface area contributed by atoms with Crippen molar-refractivity contribution in [2.75, 3.05) is 54.4 Å². The van der Waals surface area contributed by atoms with Crippen LogP contribution in [0.15, 0.2) is 105 Å². The Hall–Kier alpha value is -11.1. The fourth-order valence-corrected chi connectivity index (χ4v) is 15.4. The van der Waals surface area contributed by atoms with Gasteiger partial charge in [-0.1, -0.05) is 85.9 Å². The van der Waals surface area contributed by atoms with Crippen LogP contribution < -0.4 is 36.4 Å². The van der Waals surface area contributed by atoms with Crippen molar-refractivity contribution in [2.24, 2.45) is 5.41 Å². The molecule has 16 rings (SSSR count). The molecule has 27 nitrogen and oxygen atoms in total. The lowest BCUT2D eigenvalue weighted by atomic mass is 9.70. The summed E-state index contributed by atoms with van der Waals surface area (Å²) < 4.78 is 119. The van der Waals surface area contributed by atoms with Gasteiger partial charge < -0.3 is 56.3 Å². The highest BCUT2D eigenvalue weighted by atomic mass is 35.5. The van der Waals surface area contributed by atoms with Gasteiger partial charge in [0.1, 0.15) is 59.1 Å². The summed E-state index contributed by atoms with van der Waals surface area (Å²) in [5, 5.41) is 17.1. The number of alkyl halides is 6. The first-order valence-electron chi connectivity index (χ1n) is 37.1. The predicted molar refractivity (Wildman–Crippen MR) is 438 cm³/mol. The van der Waals surface area contributed by atoms with Crippen molar-refractivity contribution in [1.82, 2.24) is 101 Å². The summed E-state index contributed by atoms with van der Waals surface area (Å²) in [6, 6.07) is 8.17. The van der Waals surface area contributed by atoms with Gasteiger partial charge in [-0.05, 0) is 95.5 Å². The number of carbonyl (C=O) groups is 4. The average Bonchev–Trinajstić information content (AvgIpc) is 1.64. The molecule has 0 radical (unpaired) electrons. The maximum Gasteiger partial charge on any atom is 0.405 e. The summed E-state index contributed by atoms with van der Waals surface area (Å²) in [5.41, 5.74) is 2.48. The fourth-order valence-electron chi connectivity index (χ4n) is 14.8. The van der Waals surface area contributed by atoms with E-state index < -0.39 is 71.7 Å². The molecular weight excluding hydrogens is 1620 g/mol. The van der Waals surface area contributed by atoms with E-state index in [2.05, 4.69) is 95.6 Å². The Kier molecular flexibility index (Phi) is 26.7. The average molecular weight is 1710 g/mol. The maximum absolute atomic E-state index is 14.7. The summed E-state index contributed by atoms with van der Waals surface area (Å²) in [7, 11) is 0. The Morgan fingerprint density at radius 2 is 0.897 bits per heavy atom. The highest BCUT2D eigenvalue weighted by Gasteiger charge is 2.45. The van der Waals surface area contributed by atoms with Crippen molar-refractivity contribution in [3.63, 3.8) is 0 Å². The van der Waals surface area contributed by atoms with E-state index in [1.807, 2.05) is 42.8 Å². The topological polar surface area (TPSA) is 353 Å². The number of nitrogens with zero attached hydrogens (tertiary/aromatic N) is 14. The van der Waals surface area contributed by atoms with Crippen molar-refractivity contribution in [3.8, 4) is 45.6 Å². The van der Waals surface area contributed by atoms with Gasteiger partial charge in [0.2, 0.25) is 23.6 Å². The van der Waals surface area contributed by atoms with Crippen LogP contribution in [0.5, 0.6) is 0 Å². The van der Waals surface area contributed by atoms with E-state index in [0.717, 1.165) is 78.6 Å². The molecule has 628 valence electrons. The Balaban J connectivity index is 0.000000250. The summed E-state index contributed by atoms with van der Waals surface area (Å²) in [6.07, 6.45) is 16.4. The summed E-state index contributed by atoms with van der Waals surface area (Å²) >= 11 is 24.2. The molecule has 2 saturated carbocycles. The number of aromatic amines is 4. The molecule has 4 fully saturated rings. The zero-order chi connectivity index (χ0) is 82.2. The predicted octanol–water partition coefficient (Wildman–Crippen LogP) is 17.0. The first-order valence-corrected chi connectivity index (χ1v) is 38.6. The van der Waals surface area contributed by atoms with Crippen LogP contribution in [0.4, 0.5) is 57.0 Å². The second kappa shape index (κ2) is 36.6. The molecule has 2 atom stereocenters. The Bertz CT molecular complexity index is 5620. The molecule has 0 unspecified atom stereocenters. The summed E-state index contributed by atoms with van der Waals surface area (Å²) in [4.78, 5) is 117. The number of likely N-dealkylation sites (N-methyl/N-ethyl adjacent to an activating group) is 2. The molecule has 12 aromatic heterocycles. The van der Waals surface area contributed by atoms with Crippen molar-refractivity contribution in [2.45, 2.75) is 141 Å². The Morgan fingerprint density at radius 3 is 1.37 bits per heavy atom. The molecule has 0 aromatic carbocycles. The molecule has 14 heterocycles. The van der Waals surface area contributed by atoms with Crippen molar-refractivity contribution in [1.29, 1.82) is 0 Å². The molecule has 4 amide bonds. The SMILES string of the molecule is C.CCNC(=O)[C@H]1CCCN1c1ccnc(-c2c[nH]c3ncc(Cl)cc23)n1.CCNC(=O)[C@H]1CCCN1c1nc(-c2c[nH]c3ncc(Cl)cc23)ncc1F.O=C(NCC(F)(F)F)C1(Cc2nc(-c3c[nH]c4ncc(Cl)cc34)ncc2F)CCCCC1.O=C(NCC(F)(F)F)C1(Nc2nc(-c3c[nH]c4ncc(Cl)cc34)ncc2F)CCCC1.[HH].[HH].[HH].[HH].[HH].[HH]. The molecule has 12 aromatic rings. The first-order chi connectivity index (χ1) is 55.6. The van der Waals surface area contributed by atoms with Crippen molar-refractivity contribution >= 4 is 132 Å². The minimum Gasteiger partial charge on any atom is -0.355 e. The maximum atomic E-state index is 14.7. The monoisotopic (exact) mass is 1710 g/mol. The van der Waals surface area contributed by atoms with Crippen LogP contribution >= 0.6 is 46.4 Å². The molecule has 117 heavy (non-hydrogen) atoms. The third kappa shape index (κ3) is 19.8. The second-order valence-electron chi connectivity index (χ2n) is 28.0. The van der Waals surface area contributed by atoms with Gasteiger partial charge in [0.15, 0.2) is 52.4 Å². The van der Waals surface area contributed by atoms with Gasteiger partial charge in [0.25, 0.3) is 0 Å². The van der Waals surface area contributed by atoms with Gasteiger partial charge in [0, 0.05) is 141 Å². The molecule has 40 heteroatoms. The normalized spacial score (nSPS) is 16.3. The van der Waals surface area contributed by atoms with Crippen molar-refractivity contribution < 1.29 is 67.3 Å². The highest BCUT2D eigenvalue weighted by Crippen LogP contribution is 2.42. The lowest BCUT2D eigenvalue weighted by Gasteiger charge is -2.36. The molecule has 9 N–H and O–H groups in total. The number of hydrogen-bond acceptors (Lipinski definition) is 19. The number of nitrogens with one attached hydrogen (secondary N) is 9. The van der Waals surface area contributed by atoms with Crippen LogP contribution in [0.1, 0.15) is 119 Å². The van der Waals surface area contributed by atoms with Crippen LogP contribution in [0, 0.1) is 22.9 Å². The lowest BCUT2D eigenvalue weighted by molar-refractivity contribution is -0.146. The van der Waals surface area contributed by atoms with E-state index in [-0.39, 0.29) is 82.1 Å². The third-order valence-electron chi connectivity index (χ3n) is 20.2. The summed E-state index contributed by atoms with van der Waals surface area (Å²) in [5.74, 6) is -1.81. The number of carbonyl (C=O) groups excluding carboxylic acids is 4. The number of pyridine rings is 4. The number of rotatable bonds is 18. The van der Waals surface area contributed by atoms with Crippen LogP contribution in [-0.4, -0.2) is 173 Å². The minimum atomic E-state index is -4.55. The molecule has 0 bridgehead atoms. The number of anilines is 3. The van der Waals surface area contributed by atoms with E-state index in [9.17, 15) is 58.7 Å². The lowest BCUT2D eigenvalue weighted by Crippen LogP contribution is -2.52. The second-order valence-corrected chi connectivity index (χ2v) is 29.8. The quantitative estimate of drug-likeness (QED) is 0.0360. The number of H-pyrrole nitrogens is 4.